The number of carbonyl (C=O) groups is 1. The van der Waals surface area contributed by atoms with E-state index in [1.54, 1.807) is 25.3 Å². The van der Waals surface area contributed by atoms with Crippen LogP contribution in [0.2, 0.25) is 0 Å². The van der Waals surface area contributed by atoms with Gasteiger partial charge in [-0.1, -0.05) is 42.5 Å². The van der Waals surface area contributed by atoms with Crippen LogP contribution in [0.1, 0.15) is 23.7 Å². The van der Waals surface area contributed by atoms with Gasteiger partial charge in [0.25, 0.3) is 0 Å². The highest BCUT2D eigenvalue weighted by Gasteiger charge is 2.18. The number of amides is 1. The Kier molecular flexibility index (Phi) is 6.73. The molecule has 0 bridgehead atoms. The Hall–Kier alpha value is -2.18. The van der Waals surface area contributed by atoms with Crippen LogP contribution in [-0.2, 0) is 19.4 Å². The number of sulfone groups is 1. The first kappa shape index (κ1) is 19.1. The van der Waals surface area contributed by atoms with E-state index in [1.807, 2.05) is 31.2 Å². The minimum atomic E-state index is -3.45. The van der Waals surface area contributed by atoms with Crippen molar-refractivity contribution in [1.82, 2.24) is 5.32 Å². The Bertz CT molecular complexity index is 803. The lowest BCUT2D eigenvalue weighted by Crippen LogP contribution is -2.30. The van der Waals surface area contributed by atoms with Gasteiger partial charge in [-0.15, -0.1) is 0 Å². The molecule has 0 radical (unpaired) electrons. The Labute approximate surface area is 148 Å². The largest absolute Gasteiger partial charge is 0.375 e. The molecule has 0 fully saturated rings. The van der Waals surface area contributed by atoms with Crippen molar-refractivity contribution in [3.8, 4) is 0 Å². The number of rotatable bonds is 8. The van der Waals surface area contributed by atoms with E-state index in [0.717, 1.165) is 11.1 Å². The molecular weight excluding hydrogens is 338 g/mol. The van der Waals surface area contributed by atoms with Crippen molar-refractivity contribution < 1.29 is 17.9 Å². The maximum absolute atomic E-state index is 12.2. The Morgan fingerprint density at radius 1 is 1.08 bits per heavy atom. The molecule has 0 unspecified atom stereocenters. The molecule has 1 amide bonds. The second kappa shape index (κ2) is 8.78. The highest BCUT2D eigenvalue weighted by Crippen LogP contribution is 2.19. The molecule has 2 aromatic rings. The molecule has 25 heavy (non-hydrogen) atoms. The number of nitrogens with one attached hydrogen (secondary N) is 1. The standard InChI is InChI=1S/C19H23NO4S/c1-15-8-6-7-11-17(15)18(24-2)14-20-19(21)12-13-25(22,23)16-9-4-3-5-10-16/h3-11,18H,12-14H2,1-2H3,(H,20,21)/t18-/m0/s1. The Morgan fingerprint density at radius 3 is 2.36 bits per heavy atom. The van der Waals surface area contributed by atoms with E-state index < -0.39 is 9.84 Å². The van der Waals surface area contributed by atoms with Crippen molar-refractivity contribution in [2.75, 3.05) is 19.4 Å². The van der Waals surface area contributed by atoms with Crippen molar-refractivity contribution in [3.05, 3.63) is 65.7 Å². The SMILES string of the molecule is CO[C@@H](CNC(=O)CCS(=O)(=O)c1ccccc1)c1ccccc1C. The molecule has 2 rings (SSSR count). The highest BCUT2D eigenvalue weighted by molar-refractivity contribution is 7.91. The molecule has 134 valence electrons. The lowest BCUT2D eigenvalue weighted by molar-refractivity contribution is -0.121. The number of hydrogen-bond acceptors (Lipinski definition) is 4. The third kappa shape index (κ3) is 5.41. The average Bonchev–Trinajstić information content (AvgIpc) is 2.62. The molecule has 0 aliphatic rings. The van der Waals surface area contributed by atoms with Gasteiger partial charge in [0.05, 0.1) is 16.8 Å². The maximum atomic E-state index is 12.2. The maximum Gasteiger partial charge on any atom is 0.221 e. The highest BCUT2D eigenvalue weighted by atomic mass is 32.2. The zero-order valence-corrected chi connectivity index (χ0v) is 15.3. The molecule has 0 aliphatic heterocycles. The molecule has 0 aromatic heterocycles. The van der Waals surface area contributed by atoms with E-state index in [-0.39, 0.29) is 29.1 Å². The summed E-state index contributed by atoms with van der Waals surface area (Å²) in [6.45, 7) is 2.28. The lowest BCUT2D eigenvalue weighted by Gasteiger charge is -2.18. The monoisotopic (exact) mass is 361 g/mol. The minimum Gasteiger partial charge on any atom is -0.375 e. The lowest BCUT2D eigenvalue weighted by atomic mass is 10.0. The van der Waals surface area contributed by atoms with Crippen LogP contribution in [-0.4, -0.2) is 33.7 Å². The van der Waals surface area contributed by atoms with Crippen molar-refractivity contribution in [3.63, 3.8) is 0 Å². The average molecular weight is 361 g/mol. The number of hydrogen-bond donors (Lipinski definition) is 1. The zero-order valence-electron chi connectivity index (χ0n) is 14.4. The third-order valence-corrected chi connectivity index (χ3v) is 5.74. The van der Waals surface area contributed by atoms with Crippen LogP contribution in [0.25, 0.3) is 0 Å². The summed E-state index contributed by atoms with van der Waals surface area (Å²) in [5.41, 5.74) is 2.08. The third-order valence-electron chi connectivity index (χ3n) is 4.00. The molecular formula is C19H23NO4S. The second-order valence-electron chi connectivity index (χ2n) is 5.77. The van der Waals surface area contributed by atoms with E-state index in [2.05, 4.69) is 5.32 Å². The quantitative estimate of drug-likeness (QED) is 0.785. The van der Waals surface area contributed by atoms with Gasteiger partial charge in [0.1, 0.15) is 0 Å². The topological polar surface area (TPSA) is 72.5 Å². The number of carbonyl (C=O) groups excluding carboxylic acids is 1. The van der Waals surface area contributed by atoms with Crippen LogP contribution >= 0.6 is 0 Å². The summed E-state index contributed by atoms with van der Waals surface area (Å²) in [7, 11) is -1.86. The van der Waals surface area contributed by atoms with Gasteiger partial charge < -0.3 is 10.1 Å². The van der Waals surface area contributed by atoms with Gasteiger partial charge in [-0.2, -0.15) is 0 Å². The van der Waals surface area contributed by atoms with Crippen LogP contribution in [0, 0.1) is 6.92 Å². The van der Waals surface area contributed by atoms with Crippen LogP contribution in [0.4, 0.5) is 0 Å². The molecule has 6 heteroatoms. The normalized spacial score (nSPS) is 12.6. The number of aryl methyl sites for hydroxylation is 1. The summed E-state index contributed by atoms with van der Waals surface area (Å²) >= 11 is 0. The van der Waals surface area contributed by atoms with E-state index in [4.69, 9.17) is 4.74 Å². The van der Waals surface area contributed by atoms with Crippen molar-refractivity contribution in [1.29, 1.82) is 0 Å². The molecule has 0 saturated heterocycles. The van der Waals surface area contributed by atoms with Crippen LogP contribution in [0.5, 0.6) is 0 Å². The second-order valence-corrected chi connectivity index (χ2v) is 7.88. The number of methoxy groups -OCH3 is 1. The molecule has 0 aliphatic carbocycles. The Morgan fingerprint density at radius 2 is 1.72 bits per heavy atom. The predicted molar refractivity (Wildman–Crippen MR) is 97.1 cm³/mol. The van der Waals surface area contributed by atoms with E-state index in [9.17, 15) is 13.2 Å². The Balaban J connectivity index is 1.89. The zero-order chi connectivity index (χ0) is 18.3. The first-order valence-electron chi connectivity index (χ1n) is 8.07. The van der Waals surface area contributed by atoms with Crippen molar-refractivity contribution >= 4 is 15.7 Å². The summed E-state index contributed by atoms with van der Waals surface area (Å²) in [5.74, 6) is -0.527. The fraction of sp³-hybridized carbons (Fsp3) is 0.316. The van der Waals surface area contributed by atoms with E-state index in [1.165, 1.54) is 12.1 Å². The van der Waals surface area contributed by atoms with Crippen molar-refractivity contribution in [2.45, 2.75) is 24.3 Å². The smallest absolute Gasteiger partial charge is 0.221 e. The van der Waals surface area contributed by atoms with Crippen LogP contribution in [0.3, 0.4) is 0 Å². The first-order chi connectivity index (χ1) is 11.9. The fourth-order valence-corrected chi connectivity index (χ4v) is 3.80. The minimum absolute atomic E-state index is 0.0819. The summed E-state index contributed by atoms with van der Waals surface area (Å²) < 4.78 is 29.8. The molecule has 5 nitrogen and oxygen atoms in total. The molecule has 2 aromatic carbocycles. The van der Waals surface area contributed by atoms with Crippen LogP contribution in [0.15, 0.2) is 59.5 Å². The number of ether oxygens (including phenoxy) is 1. The first-order valence-corrected chi connectivity index (χ1v) is 9.72. The molecule has 0 heterocycles. The summed E-state index contributed by atoms with van der Waals surface area (Å²) in [6.07, 6.45) is -0.350. The van der Waals surface area contributed by atoms with Gasteiger partial charge in [0.15, 0.2) is 9.84 Å². The fourth-order valence-electron chi connectivity index (χ4n) is 2.54. The van der Waals surface area contributed by atoms with Gasteiger partial charge >= 0.3 is 0 Å². The van der Waals surface area contributed by atoms with Crippen molar-refractivity contribution in [2.24, 2.45) is 0 Å². The van der Waals surface area contributed by atoms with Gasteiger partial charge in [-0.05, 0) is 30.2 Å². The van der Waals surface area contributed by atoms with Gasteiger partial charge in [-0.25, -0.2) is 8.42 Å². The van der Waals surface area contributed by atoms with Crippen LogP contribution < -0.4 is 5.32 Å². The molecule has 0 saturated carbocycles. The molecule has 0 spiro atoms. The van der Waals surface area contributed by atoms with Gasteiger partial charge in [0.2, 0.25) is 5.91 Å². The number of benzene rings is 2. The van der Waals surface area contributed by atoms with Gasteiger partial charge in [-0.3, -0.25) is 4.79 Å². The molecule has 1 N–H and O–H groups in total. The van der Waals surface area contributed by atoms with E-state index in [0.29, 0.717) is 6.54 Å². The van der Waals surface area contributed by atoms with Gasteiger partial charge in [0, 0.05) is 20.1 Å². The van der Waals surface area contributed by atoms with E-state index >= 15 is 0 Å². The molecule has 1 atom stereocenters. The summed E-state index contributed by atoms with van der Waals surface area (Å²) in [4.78, 5) is 12.3. The summed E-state index contributed by atoms with van der Waals surface area (Å²) in [5, 5.41) is 2.76. The summed E-state index contributed by atoms with van der Waals surface area (Å²) in [6, 6.07) is 15.9. The predicted octanol–water partition coefficient (Wildman–Crippen LogP) is 2.66.